The number of hydrogen-bond donors (Lipinski definition) is 1. The second-order valence-corrected chi connectivity index (χ2v) is 11.8. The summed E-state index contributed by atoms with van der Waals surface area (Å²) in [6.45, 7) is 8.72. The summed E-state index contributed by atoms with van der Waals surface area (Å²) >= 11 is 12.9. The van der Waals surface area contributed by atoms with Crippen molar-refractivity contribution in [3.05, 3.63) is 69.2 Å². The minimum absolute atomic E-state index is 0.0727. The molecule has 1 aliphatic rings. The van der Waals surface area contributed by atoms with Crippen molar-refractivity contribution in [1.82, 2.24) is 10.2 Å². The summed E-state index contributed by atoms with van der Waals surface area (Å²) in [5.41, 5.74) is 3.12. The van der Waals surface area contributed by atoms with E-state index in [9.17, 15) is 9.59 Å². The van der Waals surface area contributed by atoms with Crippen molar-refractivity contribution < 1.29 is 9.59 Å². The summed E-state index contributed by atoms with van der Waals surface area (Å²) in [7, 11) is 0. The van der Waals surface area contributed by atoms with Gasteiger partial charge in [0.25, 0.3) is 0 Å². The third-order valence-electron chi connectivity index (χ3n) is 7.18. The van der Waals surface area contributed by atoms with Gasteiger partial charge in [-0.25, -0.2) is 0 Å². The second kappa shape index (κ2) is 13.0. The van der Waals surface area contributed by atoms with Crippen molar-refractivity contribution in [2.24, 2.45) is 0 Å². The number of hydrogen-bond acceptors (Lipinski definition) is 2. The summed E-state index contributed by atoms with van der Waals surface area (Å²) in [4.78, 5) is 28.7. The van der Waals surface area contributed by atoms with E-state index in [1.807, 2.05) is 6.92 Å². The second-order valence-electron chi connectivity index (χ2n) is 10.9. The molecule has 0 aliphatic heterocycles. The topological polar surface area (TPSA) is 49.4 Å². The number of halogens is 2. The van der Waals surface area contributed by atoms with Crippen molar-refractivity contribution in [2.45, 2.75) is 103 Å². The van der Waals surface area contributed by atoms with Gasteiger partial charge in [-0.15, -0.1) is 0 Å². The zero-order valence-electron chi connectivity index (χ0n) is 22.1. The number of nitrogens with one attached hydrogen (secondary N) is 1. The first kappa shape index (κ1) is 28.5. The highest BCUT2D eigenvalue weighted by Crippen LogP contribution is 2.28. The molecule has 1 unspecified atom stereocenters. The van der Waals surface area contributed by atoms with Gasteiger partial charge < -0.3 is 10.2 Å². The van der Waals surface area contributed by atoms with E-state index in [-0.39, 0.29) is 29.8 Å². The van der Waals surface area contributed by atoms with Crippen LogP contribution in [0.3, 0.4) is 0 Å². The van der Waals surface area contributed by atoms with Crippen LogP contribution in [0, 0.1) is 0 Å². The Morgan fingerprint density at radius 2 is 1.61 bits per heavy atom. The highest BCUT2D eigenvalue weighted by molar-refractivity contribution is 6.36. The fraction of sp³-hybridized carbons (Fsp3) is 0.533. The highest BCUT2D eigenvalue weighted by atomic mass is 35.5. The molecule has 0 aromatic heterocycles. The molecule has 36 heavy (non-hydrogen) atoms. The van der Waals surface area contributed by atoms with Gasteiger partial charge in [-0.2, -0.15) is 0 Å². The quantitative estimate of drug-likeness (QED) is 0.365. The Morgan fingerprint density at radius 3 is 2.17 bits per heavy atom. The molecular weight excluding hydrogens is 491 g/mol. The van der Waals surface area contributed by atoms with Crippen molar-refractivity contribution in [1.29, 1.82) is 0 Å². The van der Waals surface area contributed by atoms with Gasteiger partial charge >= 0.3 is 0 Å². The van der Waals surface area contributed by atoms with Gasteiger partial charge in [0.2, 0.25) is 11.8 Å². The molecule has 0 bridgehead atoms. The molecule has 1 saturated carbocycles. The van der Waals surface area contributed by atoms with E-state index >= 15 is 0 Å². The lowest BCUT2D eigenvalue weighted by molar-refractivity contribution is -0.141. The molecule has 1 fully saturated rings. The molecule has 0 radical (unpaired) electrons. The predicted octanol–water partition coefficient (Wildman–Crippen LogP) is 7.48. The van der Waals surface area contributed by atoms with E-state index in [0.29, 0.717) is 34.9 Å². The van der Waals surface area contributed by atoms with E-state index in [4.69, 9.17) is 23.2 Å². The lowest BCUT2D eigenvalue weighted by atomic mass is 9.86. The molecule has 1 N–H and O–H groups in total. The van der Waals surface area contributed by atoms with E-state index in [1.165, 1.54) is 12.0 Å². The number of amides is 2. The molecule has 1 aliphatic carbocycles. The standard InChI is InChI=1S/C30H40Cl2N2O2/c1-5-27(29(36)33-23-10-7-6-8-11-23)34(20-24-25(31)12-9-13-26(24)32)28(35)19-16-21-14-17-22(18-15-21)30(2,3)4/h9,12-15,17-18,23,27H,5-8,10-11,16,19-20H2,1-4H3,(H,33,36). The maximum atomic E-state index is 13.6. The first-order valence-corrected chi connectivity index (χ1v) is 14.0. The fourth-order valence-corrected chi connectivity index (χ4v) is 5.40. The molecule has 0 spiro atoms. The molecular formula is C30H40Cl2N2O2. The van der Waals surface area contributed by atoms with Crippen LogP contribution in [0.15, 0.2) is 42.5 Å². The Hall–Kier alpha value is -2.04. The third-order valence-corrected chi connectivity index (χ3v) is 7.88. The summed E-state index contributed by atoms with van der Waals surface area (Å²) in [5.74, 6) is -0.160. The average Bonchev–Trinajstić information content (AvgIpc) is 2.84. The molecule has 6 heteroatoms. The largest absolute Gasteiger partial charge is 0.352 e. The minimum atomic E-state index is -0.574. The summed E-state index contributed by atoms with van der Waals surface area (Å²) in [6.07, 6.45) is 6.92. The lowest BCUT2D eigenvalue weighted by Gasteiger charge is -2.33. The lowest BCUT2D eigenvalue weighted by Crippen LogP contribution is -2.51. The Bertz CT molecular complexity index is 1000. The highest BCUT2D eigenvalue weighted by Gasteiger charge is 2.31. The van der Waals surface area contributed by atoms with Crippen LogP contribution in [-0.2, 0) is 28.0 Å². The van der Waals surface area contributed by atoms with Crippen molar-refractivity contribution in [3.63, 3.8) is 0 Å². The first-order chi connectivity index (χ1) is 17.1. The number of aryl methyl sites for hydroxylation is 1. The average molecular weight is 532 g/mol. The summed E-state index contributed by atoms with van der Waals surface area (Å²) < 4.78 is 0. The molecule has 3 rings (SSSR count). The number of benzene rings is 2. The van der Waals surface area contributed by atoms with Crippen LogP contribution in [0.1, 0.15) is 89.3 Å². The van der Waals surface area contributed by atoms with Gasteiger partial charge in [-0.1, -0.05) is 100 Å². The van der Waals surface area contributed by atoms with Crippen molar-refractivity contribution >= 4 is 35.0 Å². The van der Waals surface area contributed by atoms with Crippen molar-refractivity contribution in [2.75, 3.05) is 0 Å². The van der Waals surface area contributed by atoms with Crippen LogP contribution in [0.5, 0.6) is 0 Å². The molecule has 4 nitrogen and oxygen atoms in total. The minimum Gasteiger partial charge on any atom is -0.352 e. The zero-order valence-corrected chi connectivity index (χ0v) is 23.6. The molecule has 0 heterocycles. The number of carbonyl (C=O) groups excluding carboxylic acids is 2. The summed E-state index contributed by atoms with van der Waals surface area (Å²) in [5, 5.41) is 4.22. The Labute approximate surface area is 226 Å². The van der Waals surface area contributed by atoms with Crippen molar-refractivity contribution in [3.8, 4) is 0 Å². The molecule has 2 amide bonds. The molecule has 196 valence electrons. The van der Waals surface area contributed by atoms with Gasteiger partial charge in [-0.05, 0) is 54.4 Å². The Kier molecular flexibility index (Phi) is 10.3. The third kappa shape index (κ3) is 7.73. The van der Waals surface area contributed by atoms with Gasteiger partial charge in [0, 0.05) is 34.6 Å². The van der Waals surface area contributed by atoms with Gasteiger partial charge in [-0.3, -0.25) is 9.59 Å². The van der Waals surface area contributed by atoms with E-state index in [2.05, 4.69) is 50.4 Å². The maximum absolute atomic E-state index is 13.6. The number of nitrogens with zero attached hydrogens (tertiary/aromatic N) is 1. The normalized spacial score (nSPS) is 15.4. The molecule has 2 aromatic carbocycles. The molecule has 0 saturated heterocycles. The first-order valence-electron chi connectivity index (χ1n) is 13.2. The van der Waals surface area contributed by atoms with E-state index < -0.39 is 6.04 Å². The Morgan fingerprint density at radius 1 is 1.00 bits per heavy atom. The van der Waals surface area contributed by atoms with Gasteiger partial charge in [0.15, 0.2) is 0 Å². The number of rotatable bonds is 9. The van der Waals surface area contributed by atoms with Gasteiger partial charge in [0.1, 0.15) is 6.04 Å². The zero-order chi connectivity index (χ0) is 26.3. The molecule has 2 aromatic rings. The monoisotopic (exact) mass is 530 g/mol. The van der Waals surface area contributed by atoms with E-state index in [1.54, 1.807) is 23.1 Å². The SMILES string of the molecule is CCC(C(=O)NC1CCCCC1)N(Cc1c(Cl)cccc1Cl)C(=O)CCc1ccc(C(C)(C)C)cc1. The molecule has 1 atom stereocenters. The van der Waals surface area contributed by atoms with Crippen LogP contribution in [0.25, 0.3) is 0 Å². The van der Waals surface area contributed by atoms with Crippen LogP contribution < -0.4 is 5.32 Å². The van der Waals surface area contributed by atoms with Crippen LogP contribution in [0.4, 0.5) is 0 Å². The predicted molar refractivity (Wildman–Crippen MR) is 150 cm³/mol. The van der Waals surface area contributed by atoms with Gasteiger partial charge in [0.05, 0.1) is 0 Å². The number of carbonyl (C=O) groups is 2. The van der Waals surface area contributed by atoms with E-state index in [0.717, 1.165) is 31.2 Å². The fourth-order valence-electron chi connectivity index (χ4n) is 4.88. The smallest absolute Gasteiger partial charge is 0.243 e. The summed E-state index contributed by atoms with van der Waals surface area (Å²) in [6, 6.07) is 13.4. The van der Waals surface area contributed by atoms with Crippen LogP contribution in [0.2, 0.25) is 10.0 Å². The maximum Gasteiger partial charge on any atom is 0.243 e. The Balaban J connectivity index is 1.79. The van der Waals surface area contributed by atoms with Crippen LogP contribution in [-0.4, -0.2) is 28.8 Å². The van der Waals surface area contributed by atoms with Crippen LogP contribution >= 0.6 is 23.2 Å².